The number of sulfonamides is 1. The maximum atomic E-state index is 12.6. The first-order valence-electron chi connectivity index (χ1n) is 9.28. The summed E-state index contributed by atoms with van der Waals surface area (Å²) < 4.78 is 37.9. The number of carbonyl (C=O) groups is 1. The van der Waals surface area contributed by atoms with Gasteiger partial charge in [-0.1, -0.05) is 25.1 Å². The number of carbonyl (C=O) groups excluding carboxylic acids is 1. The van der Waals surface area contributed by atoms with E-state index in [9.17, 15) is 13.2 Å². The minimum atomic E-state index is -3.44. The van der Waals surface area contributed by atoms with Crippen molar-refractivity contribution in [3.8, 4) is 11.5 Å². The molecule has 0 heterocycles. The Kier molecular flexibility index (Phi) is 8.88. The molecule has 1 amide bonds. The molecule has 0 aliphatic heterocycles. The molecule has 0 saturated heterocycles. The van der Waals surface area contributed by atoms with Crippen LogP contribution in [0.4, 0.5) is 5.69 Å². The smallest absolute Gasteiger partial charge is 0.255 e. The summed E-state index contributed by atoms with van der Waals surface area (Å²) in [7, 11) is -1.93. The van der Waals surface area contributed by atoms with E-state index < -0.39 is 10.0 Å². The summed E-state index contributed by atoms with van der Waals surface area (Å²) in [6.07, 6.45) is 2.32. The Balaban J connectivity index is 2.10. The van der Waals surface area contributed by atoms with Gasteiger partial charge in [-0.2, -0.15) is 0 Å². The molecule has 0 atom stereocenters. The number of benzene rings is 2. The fourth-order valence-electron chi connectivity index (χ4n) is 2.54. The van der Waals surface area contributed by atoms with Gasteiger partial charge in [0.25, 0.3) is 5.91 Å². The minimum Gasteiger partial charge on any atom is -0.493 e. The van der Waals surface area contributed by atoms with Crippen LogP contribution < -0.4 is 19.5 Å². The van der Waals surface area contributed by atoms with Crippen LogP contribution in [0.3, 0.4) is 0 Å². The molecule has 0 unspecified atom stereocenters. The normalized spacial score (nSPS) is 11.0. The number of methoxy groups -OCH3 is 1. The maximum Gasteiger partial charge on any atom is 0.255 e. The highest BCUT2D eigenvalue weighted by Gasteiger charge is 2.16. The molecule has 0 spiro atoms. The number of hydrogen-bond donors (Lipinski definition) is 2. The van der Waals surface area contributed by atoms with Crippen LogP contribution in [-0.4, -0.2) is 34.6 Å². The molecule has 2 rings (SSSR count). The Morgan fingerprint density at radius 2 is 1.93 bits per heavy atom. The highest BCUT2D eigenvalue weighted by atomic mass is 79.9. The Hall–Kier alpha value is -2.36. The summed E-state index contributed by atoms with van der Waals surface area (Å²) in [4.78, 5) is 12.6. The molecule has 7 nitrogen and oxygen atoms in total. The van der Waals surface area contributed by atoms with Gasteiger partial charge < -0.3 is 14.8 Å². The van der Waals surface area contributed by atoms with Crippen LogP contribution in [0, 0.1) is 0 Å². The summed E-state index contributed by atoms with van der Waals surface area (Å²) >= 11 is 3.42. The maximum absolute atomic E-state index is 12.6. The van der Waals surface area contributed by atoms with Crippen LogP contribution >= 0.6 is 15.9 Å². The van der Waals surface area contributed by atoms with Gasteiger partial charge in [-0.05, 0) is 52.2 Å². The van der Waals surface area contributed by atoms with Crippen molar-refractivity contribution in [3.63, 3.8) is 0 Å². The second-order valence-corrected chi connectivity index (χ2v) is 9.05. The Morgan fingerprint density at radius 1 is 1.23 bits per heavy atom. The molecule has 0 bridgehead atoms. The summed E-state index contributed by atoms with van der Waals surface area (Å²) in [5.41, 5.74) is 1.54. The predicted molar refractivity (Wildman–Crippen MR) is 122 cm³/mol. The SMILES string of the molecule is C=CCNS(=O)(=O)Cc1ccc(NC(=O)c2cc(Br)c(OCCC)c(OC)c2)cc1. The number of ether oxygens (including phenoxy) is 2. The number of amides is 1. The summed E-state index contributed by atoms with van der Waals surface area (Å²) in [5.74, 6) is 0.518. The van der Waals surface area contributed by atoms with E-state index in [4.69, 9.17) is 9.47 Å². The molecule has 0 aromatic heterocycles. The monoisotopic (exact) mass is 496 g/mol. The fourth-order valence-corrected chi connectivity index (χ4v) is 4.20. The van der Waals surface area contributed by atoms with Crippen LogP contribution in [0.1, 0.15) is 29.3 Å². The quantitative estimate of drug-likeness (QED) is 0.456. The van der Waals surface area contributed by atoms with E-state index >= 15 is 0 Å². The van der Waals surface area contributed by atoms with Gasteiger partial charge in [-0.25, -0.2) is 13.1 Å². The first kappa shape index (κ1) is 23.9. The van der Waals surface area contributed by atoms with Gasteiger partial charge in [0.05, 0.1) is 23.9 Å². The highest BCUT2D eigenvalue weighted by Crippen LogP contribution is 2.37. The zero-order valence-corrected chi connectivity index (χ0v) is 19.3. The average Bonchev–Trinajstić information content (AvgIpc) is 2.72. The van der Waals surface area contributed by atoms with E-state index in [-0.39, 0.29) is 18.2 Å². The molecule has 9 heteroatoms. The van der Waals surface area contributed by atoms with E-state index in [2.05, 4.69) is 32.5 Å². The number of anilines is 1. The van der Waals surface area contributed by atoms with Crippen molar-refractivity contribution in [2.75, 3.05) is 25.6 Å². The Labute approximate surface area is 185 Å². The third-order valence-corrected chi connectivity index (χ3v) is 5.87. The summed E-state index contributed by atoms with van der Waals surface area (Å²) in [6.45, 7) is 6.20. The molecule has 2 aromatic rings. The zero-order chi connectivity index (χ0) is 22.1. The zero-order valence-electron chi connectivity index (χ0n) is 16.9. The Morgan fingerprint density at radius 3 is 2.53 bits per heavy atom. The van der Waals surface area contributed by atoms with Gasteiger partial charge in [0, 0.05) is 17.8 Å². The molecule has 0 radical (unpaired) electrons. The van der Waals surface area contributed by atoms with E-state index in [1.165, 1.54) is 13.2 Å². The van der Waals surface area contributed by atoms with E-state index in [1.54, 1.807) is 36.4 Å². The number of nitrogens with one attached hydrogen (secondary N) is 2. The van der Waals surface area contributed by atoms with Crippen molar-refractivity contribution < 1.29 is 22.7 Å². The standard InChI is InChI=1S/C21H25BrN2O5S/c1-4-10-23-30(26,27)14-15-6-8-17(9-7-15)24-21(25)16-12-18(22)20(29-11-5-2)19(13-16)28-3/h4,6-9,12-13,23H,1,5,10-11,14H2,2-3H3,(H,24,25). The average molecular weight is 497 g/mol. The summed E-state index contributed by atoms with van der Waals surface area (Å²) in [5, 5.41) is 2.79. The minimum absolute atomic E-state index is 0.154. The van der Waals surface area contributed by atoms with E-state index in [1.807, 2.05) is 6.92 Å². The van der Waals surface area contributed by atoms with Crippen molar-refractivity contribution in [2.45, 2.75) is 19.1 Å². The van der Waals surface area contributed by atoms with Gasteiger partial charge in [0.15, 0.2) is 11.5 Å². The third kappa shape index (κ3) is 6.86. The molecule has 0 fully saturated rings. The molecule has 30 heavy (non-hydrogen) atoms. The van der Waals surface area contributed by atoms with Crippen LogP contribution in [0.15, 0.2) is 53.5 Å². The van der Waals surface area contributed by atoms with Crippen molar-refractivity contribution in [1.29, 1.82) is 0 Å². The largest absolute Gasteiger partial charge is 0.493 e. The second-order valence-electron chi connectivity index (χ2n) is 6.39. The molecule has 162 valence electrons. The first-order valence-corrected chi connectivity index (χ1v) is 11.7. The van der Waals surface area contributed by atoms with Gasteiger partial charge >= 0.3 is 0 Å². The van der Waals surface area contributed by atoms with Crippen molar-refractivity contribution in [2.24, 2.45) is 0 Å². The van der Waals surface area contributed by atoms with Gasteiger partial charge in [-0.3, -0.25) is 4.79 Å². The van der Waals surface area contributed by atoms with Crippen LogP contribution in [-0.2, 0) is 15.8 Å². The van der Waals surface area contributed by atoms with Crippen LogP contribution in [0.25, 0.3) is 0 Å². The third-order valence-electron chi connectivity index (χ3n) is 3.96. The van der Waals surface area contributed by atoms with Gasteiger partial charge in [0.1, 0.15) is 0 Å². The molecule has 0 aliphatic rings. The predicted octanol–water partition coefficient (Wildman–Crippen LogP) is 4.10. The Bertz CT molecular complexity index is 991. The van der Waals surface area contributed by atoms with Crippen LogP contribution in [0.5, 0.6) is 11.5 Å². The highest BCUT2D eigenvalue weighted by molar-refractivity contribution is 9.10. The van der Waals surface area contributed by atoms with Gasteiger partial charge in [-0.15, -0.1) is 6.58 Å². The first-order chi connectivity index (χ1) is 14.3. The summed E-state index contributed by atoms with van der Waals surface area (Å²) in [6, 6.07) is 9.89. The molecule has 0 aliphatic carbocycles. The number of rotatable bonds is 11. The van der Waals surface area contributed by atoms with E-state index in [0.29, 0.717) is 39.4 Å². The molecule has 2 aromatic carbocycles. The number of halogens is 1. The van der Waals surface area contributed by atoms with Crippen molar-refractivity contribution in [1.82, 2.24) is 4.72 Å². The van der Waals surface area contributed by atoms with E-state index in [0.717, 1.165) is 6.42 Å². The molecule has 0 saturated carbocycles. The van der Waals surface area contributed by atoms with Gasteiger partial charge in [0.2, 0.25) is 10.0 Å². The van der Waals surface area contributed by atoms with Crippen molar-refractivity contribution in [3.05, 3.63) is 64.7 Å². The van der Waals surface area contributed by atoms with Crippen LogP contribution in [0.2, 0.25) is 0 Å². The number of hydrogen-bond acceptors (Lipinski definition) is 5. The topological polar surface area (TPSA) is 93.7 Å². The lowest BCUT2D eigenvalue weighted by atomic mass is 10.1. The lowest BCUT2D eigenvalue weighted by Crippen LogP contribution is -2.25. The second kappa shape index (κ2) is 11.1. The van der Waals surface area contributed by atoms with Crippen molar-refractivity contribution >= 4 is 37.5 Å². The molecule has 2 N–H and O–H groups in total. The molecular weight excluding hydrogens is 472 g/mol. The lowest BCUT2D eigenvalue weighted by Gasteiger charge is -2.14. The lowest BCUT2D eigenvalue weighted by molar-refractivity contribution is 0.102. The molecular formula is C21H25BrN2O5S. The fraction of sp³-hybridized carbons (Fsp3) is 0.286.